The van der Waals surface area contributed by atoms with Gasteiger partial charge in [0.15, 0.2) is 0 Å². The smallest absolute Gasteiger partial charge is 0.127 e. The van der Waals surface area contributed by atoms with Crippen molar-refractivity contribution in [3.63, 3.8) is 0 Å². The van der Waals surface area contributed by atoms with Crippen molar-refractivity contribution in [2.45, 2.75) is 18.3 Å². The summed E-state index contributed by atoms with van der Waals surface area (Å²) in [7, 11) is 0. The molecule has 0 N–H and O–H groups in total. The Bertz CT molecular complexity index is 387. The average molecular weight is 192 g/mol. The van der Waals surface area contributed by atoms with E-state index in [1.165, 1.54) is 6.07 Å². The Morgan fingerprint density at radius 3 is 2.57 bits per heavy atom. The molecule has 0 bridgehead atoms. The van der Waals surface area contributed by atoms with Crippen LogP contribution in [0.3, 0.4) is 0 Å². The van der Waals surface area contributed by atoms with E-state index in [-0.39, 0.29) is 11.7 Å². The second kappa shape index (κ2) is 3.33. The maximum atomic E-state index is 13.4. The van der Waals surface area contributed by atoms with Crippen molar-refractivity contribution in [3.05, 3.63) is 35.1 Å². The third-order valence-electron chi connectivity index (χ3n) is 2.69. The molecule has 0 fully saturated rings. The van der Waals surface area contributed by atoms with E-state index < -0.39 is 5.92 Å². The number of hydrogen-bond donors (Lipinski definition) is 0. The zero-order valence-electron chi connectivity index (χ0n) is 7.44. The Morgan fingerprint density at radius 1 is 1.21 bits per heavy atom. The molecule has 72 valence electrons. The summed E-state index contributed by atoms with van der Waals surface area (Å²) in [5.74, 6) is -1.17. The van der Waals surface area contributed by atoms with E-state index in [0.29, 0.717) is 23.8 Å². The topological polar surface area (TPSA) is 34.1 Å². The monoisotopic (exact) mass is 192 g/mol. The second-order valence-corrected chi connectivity index (χ2v) is 3.46. The third kappa shape index (κ3) is 1.16. The first-order chi connectivity index (χ1) is 6.77. The van der Waals surface area contributed by atoms with Crippen molar-refractivity contribution in [3.8, 4) is 0 Å². The van der Waals surface area contributed by atoms with Gasteiger partial charge < -0.3 is 9.59 Å². The van der Waals surface area contributed by atoms with Gasteiger partial charge in [-0.3, -0.25) is 0 Å². The molecule has 14 heavy (non-hydrogen) atoms. The van der Waals surface area contributed by atoms with Gasteiger partial charge in [0.2, 0.25) is 0 Å². The van der Waals surface area contributed by atoms with Gasteiger partial charge >= 0.3 is 0 Å². The van der Waals surface area contributed by atoms with Crippen molar-refractivity contribution in [2.75, 3.05) is 0 Å². The van der Waals surface area contributed by atoms with E-state index >= 15 is 0 Å². The number of carbonyl (C=O) groups excluding carboxylic acids is 2. The van der Waals surface area contributed by atoms with Crippen LogP contribution in [0.25, 0.3) is 0 Å². The molecule has 0 spiro atoms. The number of hydrogen-bond acceptors (Lipinski definition) is 2. The fourth-order valence-corrected chi connectivity index (χ4v) is 2.04. The van der Waals surface area contributed by atoms with Gasteiger partial charge in [-0.1, -0.05) is 12.1 Å². The molecule has 2 rings (SSSR count). The van der Waals surface area contributed by atoms with E-state index in [2.05, 4.69) is 0 Å². The van der Waals surface area contributed by atoms with Gasteiger partial charge in [-0.05, 0) is 18.1 Å². The van der Waals surface area contributed by atoms with Crippen LogP contribution >= 0.6 is 0 Å². The molecule has 0 aliphatic heterocycles. The number of halogens is 1. The largest absolute Gasteiger partial charge is 0.303 e. The van der Waals surface area contributed by atoms with Crippen LogP contribution in [0.15, 0.2) is 18.2 Å². The summed E-state index contributed by atoms with van der Waals surface area (Å²) < 4.78 is 13.4. The molecule has 0 radical (unpaired) electrons. The lowest BCUT2D eigenvalue weighted by Gasteiger charge is -2.03. The van der Waals surface area contributed by atoms with E-state index in [1.54, 1.807) is 12.1 Å². The van der Waals surface area contributed by atoms with Crippen molar-refractivity contribution in [1.82, 2.24) is 0 Å². The molecular weight excluding hydrogens is 183 g/mol. The van der Waals surface area contributed by atoms with Gasteiger partial charge in [0.25, 0.3) is 0 Å². The number of carbonyl (C=O) groups is 2. The molecule has 2 unspecified atom stereocenters. The van der Waals surface area contributed by atoms with Crippen molar-refractivity contribution in [2.24, 2.45) is 0 Å². The number of fused-ring (bicyclic) bond motifs is 1. The Balaban J connectivity index is 2.58. The highest BCUT2D eigenvalue weighted by atomic mass is 19.1. The zero-order valence-corrected chi connectivity index (χ0v) is 7.44. The van der Waals surface area contributed by atoms with Gasteiger partial charge in [0.1, 0.15) is 18.4 Å². The minimum absolute atomic E-state index is 0.323. The highest BCUT2D eigenvalue weighted by Gasteiger charge is 2.32. The predicted molar refractivity (Wildman–Crippen MR) is 48.6 cm³/mol. The quantitative estimate of drug-likeness (QED) is 0.669. The Kier molecular flexibility index (Phi) is 2.15. The van der Waals surface area contributed by atoms with Crippen LogP contribution in [0.5, 0.6) is 0 Å². The van der Waals surface area contributed by atoms with E-state index in [4.69, 9.17) is 0 Å². The molecule has 0 saturated heterocycles. The van der Waals surface area contributed by atoms with Gasteiger partial charge in [-0.25, -0.2) is 4.39 Å². The van der Waals surface area contributed by atoms with Crippen LogP contribution < -0.4 is 0 Å². The van der Waals surface area contributed by atoms with E-state index in [0.717, 1.165) is 6.29 Å². The molecule has 2 nitrogen and oxygen atoms in total. The first kappa shape index (κ1) is 9.06. The first-order valence-electron chi connectivity index (χ1n) is 4.46. The lowest BCUT2D eigenvalue weighted by Crippen LogP contribution is -1.97. The van der Waals surface area contributed by atoms with Crippen LogP contribution in [0, 0.1) is 5.82 Å². The SMILES string of the molecule is O=CC1CC(C=O)c2c(F)cccc21. The normalized spacial score (nSPS) is 24.4. The number of benzene rings is 1. The summed E-state index contributed by atoms with van der Waals surface area (Å²) in [5, 5.41) is 0. The summed E-state index contributed by atoms with van der Waals surface area (Å²) >= 11 is 0. The van der Waals surface area contributed by atoms with Gasteiger partial charge in [-0.2, -0.15) is 0 Å². The highest BCUT2D eigenvalue weighted by Crippen LogP contribution is 2.40. The minimum Gasteiger partial charge on any atom is -0.303 e. The fourth-order valence-electron chi connectivity index (χ4n) is 2.04. The zero-order chi connectivity index (χ0) is 10.1. The summed E-state index contributed by atoms with van der Waals surface area (Å²) in [4.78, 5) is 21.4. The fraction of sp³-hybridized carbons (Fsp3) is 0.273. The molecule has 1 aromatic rings. The molecule has 3 heteroatoms. The molecule has 1 aromatic carbocycles. The van der Waals surface area contributed by atoms with Crippen LogP contribution in [-0.2, 0) is 9.59 Å². The van der Waals surface area contributed by atoms with Crippen LogP contribution in [0.1, 0.15) is 29.4 Å². The van der Waals surface area contributed by atoms with Crippen LogP contribution in [0.4, 0.5) is 4.39 Å². The standard InChI is InChI=1S/C11H9FO2/c12-10-3-1-2-9-7(5-13)4-8(6-14)11(9)10/h1-3,5-8H,4H2. The Morgan fingerprint density at radius 2 is 1.93 bits per heavy atom. The molecule has 0 aromatic heterocycles. The number of aldehydes is 2. The molecule has 1 aliphatic rings. The molecule has 0 amide bonds. The molecule has 0 heterocycles. The molecule has 0 saturated carbocycles. The summed E-state index contributed by atoms with van der Waals surface area (Å²) in [6.07, 6.45) is 1.90. The van der Waals surface area contributed by atoms with Crippen molar-refractivity contribution < 1.29 is 14.0 Å². The maximum absolute atomic E-state index is 13.4. The number of rotatable bonds is 2. The first-order valence-corrected chi connectivity index (χ1v) is 4.46. The summed E-state index contributed by atoms with van der Waals surface area (Å²) in [6.45, 7) is 0. The van der Waals surface area contributed by atoms with Gasteiger partial charge in [-0.15, -0.1) is 0 Å². The Hall–Kier alpha value is -1.51. The van der Waals surface area contributed by atoms with Crippen molar-refractivity contribution in [1.29, 1.82) is 0 Å². The molecule has 1 aliphatic carbocycles. The minimum atomic E-state index is -0.457. The van der Waals surface area contributed by atoms with Gasteiger partial charge in [0, 0.05) is 17.4 Å². The maximum Gasteiger partial charge on any atom is 0.127 e. The third-order valence-corrected chi connectivity index (χ3v) is 2.69. The van der Waals surface area contributed by atoms with Gasteiger partial charge in [0.05, 0.1) is 0 Å². The molecular formula is C11H9FO2. The lowest BCUT2D eigenvalue weighted by molar-refractivity contribution is -0.110. The Labute approximate surface area is 80.7 Å². The summed E-state index contributed by atoms with van der Waals surface area (Å²) in [5.41, 5.74) is 1.07. The van der Waals surface area contributed by atoms with Crippen molar-refractivity contribution >= 4 is 12.6 Å². The predicted octanol–water partition coefficient (Wildman–Crippen LogP) is 1.79. The van der Waals surface area contributed by atoms with E-state index in [1.807, 2.05) is 0 Å². The summed E-state index contributed by atoms with van der Waals surface area (Å²) in [6, 6.07) is 4.60. The second-order valence-electron chi connectivity index (χ2n) is 3.46. The average Bonchev–Trinajstić information content (AvgIpc) is 2.57. The van der Waals surface area contributed by atoms with Crippen LogP contribution in [-0.4, -0.2) is 12.6 Å². The molecule has 2 atom stereocenters. The van der Waals surface area contributed by atoms with Crippen LogP contribution in [0.2, 0.25) is 0 Å². The highest BCUT2D eigenvalue weighted by molar-refractivity contribution is 5.74. The lowest BCUT2D eigenvalue weighted by atomic mass is 10.0. The van der Waals surface area contributed by atoms with E-state index in [9.17, 15) is 14.0 Å².